The van der Waals surface area contributed by atoms with Crippen molar-refractivity contribution in [2.24, 2.45) is 10.7 Å². The molecule has 264 valence electrons. The molecule has 13 nitrogen and oxygen atoms in total. The number of anilines is 1. The molecule has 0 saturated carbocycles. The summed E-state index contributed by atoms with van der Waals surface area (Å²) in [6.45, 7) is 3.12. The van der Waals surface area contributed by atoms with E-state index in [1.54, 1.807) is 33.2 Å². The number of aromatic carboxylic acids is 1. The van der Waals surface area contributed by atoms with Crippen molar-refractivity contribution in [3.05, 3.63) is 71.1 Å². The molecule has 0 saturated heterocycles. The highest BCUT2D eigenvalue weighted by Gasteiger charge is 2.25. The first-order chi connectivity index (χ1) is 23.7. The summed E-state index contributed by atoms with van der Waals surface area (Å²) in [6, 6.07) is 13.7. The van der Waals surface area contributed by atoms with Crippen LogP contribution < -0.4 is 31.9 Å². The molecule has 0 radical (unpaired) electrons. The van der Waals surface area contributed by atoms with E-state index in [4.69, 9.17) is 10.2 Å². The smallest absolute Gasteiger partial charge is 0.336 e. The highest BCUT2D eigenvalue weighted by molar-refractivity contribution is 8.00. The second-order valence-electron chi connectivity index (χ2n) is 12.1. The fraction of sp³-hybridized carbons (Fsp3) is 0.333. The molecule has 2 aliphatic rings. The highest BCUT2D eigenvalue weighted by atomic mass is 32.2. The summed E-state index contributed by atoms with van der Waals surface area (Å²) < 4.78 is 6.30. The van der Waals surface area contributed by atoms with E-state index in [1.165, 1.54) is 13.0 Å². The van der Waals surface area contributed by atoms with E-state index in [0.29, 0.717) is 39.0 Å². The number of amides is 3. The molecule has 1 heterocycles. The Morgan fingerprint density at radius 2 is 1.64 bits per heavy atom. The van der Waals surface area contributed by atoms with Gasteiger partial charge in [-0.2, -0.15) is 11.8 Å². The number of carboxylic acid groups (broad SMARTS) is 1. The minimum Gasteiger partial charge on any atom is -0.478 e. The zero-order chi connectivity index (χ0) is 36.7. The number of fused-ring (bicyclic) bond motifs is 2. The number of carbonyl (C=O) groups is 5. The summed E-state index contributed by atoms with van der Waals surface area (Å²) in [6.07, 6.45) is -0.0486. The molecule has 0 fully saturated rings. The fourth-order valence-corrected chi connectivity index (χ4v) is 6.20. The molecule has 50 heavy (non-hydrogen) atoms. The SMILES string of the molecule is CN=c1ccc2c(-c3ccc(CC(=O)CSC[C@H](NC(=O)[C@H](C)NC(=O)[C@H](C)NC)C(N)=O)cc3C(=O)O)c3ccc(N(C)C)cc3oc-2c1. The van der Waals surface area contributed by atoms with E-state index in [-0.39, 0.29) is 35.2 Å². The number of nitrogens with zero attached hydrogens (tertiary/aromatic N) is 2. The summed E-state index contributed by atoms with van der Waals surface area (Å²) >= 11 is 1.11. The van der Waals surface area contributed by atoms with Gasteiger partial charge in [-0.25, -0.2) is 4.79 Å². The molecule has 6 N–H and O–H groups in total. The number of carboxylic acids is 1. The van der Waals surface area contributed by atoms with Crippen LogP contribution in [-0.2, 0) is 25.6 Å². The monoisotopic (exact) mass is 702 g/mol. The van der Waals surface area contributed by atoms with Crippen LogP contribution in [0.5, 0.6) is 0 Å². The molecule has 0 bridgehead atoms. The molecule has 0 aromatic heterocycles. The van der Waals surface area contributed by atoms with Gasteiger partial charge >= 0.3 is 5.97 Å². The molecule has 3 atom stereocenters. The van der Waals surface area contributed by atoms with Crippen LogP contribution in [0.1, 0.15) is 29.8 Å². The first-order valence-electron chi connectivity index (χ1n) is 15.9. The topological polar surface area (TPSA) is 196 Å². The maximum atomic E-state index is 13.0. The molecule has 1 aliphatic heterocycles. The van der Waals surface area contributed by atoms with Crippen molar-refractivity contribution in [1.29, 1.82) is 0 Å². The average Bonchev–Trinajstić information content (AvgIpc) is 3.08. The molecular formula is C36H42N6O7S. The van der Waals surface area contributed by atoms with Crippen LogP contribution in [0.15, 0.2) is 64.0 Å². The number of primary amides is 1. The molecule has 1 aliphatic carbocycles. The first-order valence-corrected chi connectivity index (χ1v) is 17.0. The lowest BCUT2D eigenvalue weighted by Gasteiger charge is -2.20. The van der Waals surface area contributed by atoms with Gasteiger partial charge in [-0.15, -0.1) is 0 Å². The Balaban J connectivity index is 1.53. The Labute approximate surface area is 294 Å². The third-order valence-electron chi connectivity index (χ3n) is 8.23. The normalized spacial score (nSPS) is 13.4. The van der Waals surface area contributed by atoms with Gasteiger partial charge in [-0.3, -0.25) is 24.2 Å². The number of ketones is 1. The summed E-state index contributed by atoms with van der Waals surface area (Å²) in [5.74, 6) is -2.55. The molecule has 3 amide bonds. The van der Waals surface area contributed by atoms with Crippen molar-refractivity contribution in [1.82, 2.24) is 16.0 Å². The number of nitrogens with one attached hydrogen (secondary N) is 3. The van der Waals surface area contributed by atoms with Crippen molar-refractivity contribution in [2.45, 2.75) is 38.4 Å². The maximum absolute atomic E-state index is 13.0. The quantitative estimate of drug-likeness (QED) is 0.115. The molecule has 4 rings (SSSR count). The van der Waals surface area contributed by atoms with Crippen LogP contribution >= 0.6 is 11.8 Å². The standard InChI is InChI=1S/C36H42N6O7S/c1-19(38-3)34(45)40-20(2)35(46)41-29(33(37)44)18-50-17-24(43)13-21-7-10-25(28(14-21)36(47)48)32-26-11-8-22(39-4)15-30(26)49-31-16-23(42(5)6)9-12-27(31)32/h7-12,14-16,19-20,29,38H,13,17-18H2,1-6H3,(H2,37,44)(H,40,45)(H,41,46)(H,47,48)/t19-,20-,29-/m0/s1. The van der Waals surface area contributed by atoms with Gasteiger partial charge in [-0.1, -0.05) is 12.1 Å². The van der Waals surface area contributed by atoms with Crippen LogP contribution in [0.3, 0.4) is 0 Å². The highest BCUT2D eigenvalue weighted by Crippen LogP contribution is 2.42. The number of thioether (sulfide) groups is 1. The van der Waals surface area contributed by atoms with E-state index < -0.39 is 35.9 Å². The molecule has 2 aromatic carbocycles. The molecule has 14 heteroatoms. The van der Waals surface area contributed by atoms with Gasteiger partial charge in [0.1, 0.15) is 29.2 Å². The van der Waals surface area contributed by atoms with E-state index in [9.17, 15) is 29.1 Å². The zero-order valence-electron chi connectivity index (χ0n) is 28.8. The van der Waals surface area contributed by atoms with Gasteiger partial charge in [0.15, 0.2) is 0 Å². The molecule has 0 unspecified atom stereocenters. The van der Waals surface area contributed by atoms with E-state index in [0.717, 1.165) is 22.8 Å². The Morgan fingerprint density at radius 1 is 0.940 bits per heavy atom. The number of carbonyl (C=O) groups excluding carboxylic acids is 4. The maximum Gasteiger partial charge on any atom is 0.336 e. The number of benzene rings is 3. The Bertz CT molecular complexity index is 1970. The minimum atomic E-state index is -1.15. The predicted octanol–water partition coefficient (Wildman–Crippen LogP) is 2.43. The number of hydrogen-bond acceptors (Lipinski definition) is 10. The third kappa shape index (κ3) is 8.87. The number of Topliss-reactive ketones (excluding diaryl/α,β-unsaturated/α-hetero) is 1. The van der Waals surface area contributed by atoms with Crippen molar-refractivity contribution >= 4 is 57.9 Å². The number of rotatable bonds is 15. The lowest BCUT2D eigenvalue weighted by molar-refractivity contribution is -0.131. The first kappa shape index (κ1) is 37.6. The Morgan fingerprint density at radius 3 is 2.28 bits per heavy atom. The number of likely N-dealkylation sites (N-methyl/N-ethyl adjacent to an activating group) is 1. The second-order valence-corrected chi connectivity index (χ2v) is 13.1. The predicted molar refractivity (Wildman–Crippen MR) is 194 cm³/mol. The number of nitrogens with two attached hydrogens (primary N) is 1. The van der Waals surface area contributed by atoms with Gasteiger partial charge in [0.2, 0.25) is 17.7 Å². The second kappa shape index (κ2) is 16.5. The van der Waals surface area contributed by atoms with Crippen molar-refractivity contribution in [3.8, 4) is 22.5 Å². The van der Waals surface area contributed by atoms with Gasteiger partial charge in [-0.05, 0) is 62.4 Å². The zero-order valence-corrected chi connectivity index (χ0v) is 29.6. The summed E-state index contributed by atoms with van der Waals surface area (Å²) in [4.78, 5) is 68.6. The van der Waals surface area contributed by atoms with Crippen LogP contribution in [0.2, 0.25) is 0 Å². The number of hydrogen-bond donors (Lipinski definition) is 5. The largest absolute Gasteiger partial charge is 0.478 e. The van der Waals surface area contributed by atoms with Crippen LogP contribution in [0.4, 0.5) is 5.69 Å². The van der Waals surface area contributed by atoms with Gasteiger partial charge in [0.05, 0.1) is 22.7 Å². The average molecular weight is 703 g/mol. The van der Waals surface area contributed by atoms with Gasteiger partial charge in [0, 0.05) is 67.6 Å². The van der Waals surface area contributed by atoms with E-state index >= 15 is 0 Å². The van der Waals surface area contributed by atoms with Gasteiger partial charge < -0.3 is 36.1 Å². The summed E-state index contributed by atoms with van der Waals surface area (Å²) in [5.41, 5.74) is 9.38. The molecular weight excluding hydrogens is 660 g/mol. The Kier molecular flexibility index (Phi) is 12.4. The van der Waals surface area contributed by atoms with Crippen molar-refractivity contribution in [2.75, 3.05) is 44.6 Å². The molecule has 0 spiro atoms. The fourth-order valence-electron chi connectivity index (χ4n) is 5.27. The van der Waals surface area contributed by atoms with E-state index in [1.807, 2.05) is 55.4 Å². The van der Waals surface area contributed by atoms with Crippen molar-refractivity contribution in [3.63, 3.8) is 0 Å². The minimum absolute atomic E-state index is 0.00965. The summed E-state index contributed by atoms with van der Waals surface area (Å²) in [7, 11) is 7.13. The lowest BCUT2D eigenvalue weighted by Crippen LogP contribution is -2.54. The Hall–Kier alpha value is -5.21. The van der Waals surface area contributed by atoms with Crippen LogP contribution in [-0.4, -0.2) is 92.4 Å². The van der Waals surface area contributed by atoms with Gasteiger partial charge in [0.25, 0.3) is 0 Å². The summed E-state index contributed by atoms with van der Waals surface area (Å²) in [5, 5.41) is 19.6. The third-order valence-corrected chi connectivity index (χ3v) is 9.33. The molecule has 2 aromatic rings. The van der Waals surface area contributed by atoms with E-state index in [2.05, 4.69) is 20.9 Å². The van der Waals surface area contributed by atoms with Crippen molar-refractivity contribution < 1.29 is 33.5 Å². The lowest BCUT2D eigenvalue weighted by atomic mass is 9.89. The van der Waals surface area contributed by atoms with Crippen LogP contribution in [0, 0.1) is 0 Å². The van der Waals surface area contributed by atoms with Crippen LogP contribution in [0.25, 0.3) is 33.4 Å².